The van der Waals surface area contributed by atoms with Crippen LogP contribution in [-0.2, 0) is 9.84 Å². The molecule has 0 saturated heterocycles. The highest BCUT2D eigenvalue weighted by Crippen LogP contribution is 2.14. The normalized spacial score (nSPS) is 15.2. The number of sulfone groups is 1. The summed E-state index contributed by atoms with van der Waals surface area (Å²) in [6, 6.07) is 0.107. The SMILES string of the molecule is CCCCCCCCCCC(NCC)C(C)S(C)(=O)=O. The van der Waals surface area contributed by atoms with E-state index in [9.17, 15) is 8.42 Å². The number of hydrogen-bond donors (Lipinski definition) is 1. The molecule has 1 N–H and O–H groups in total. The highest BCUT2D eigenvalue weighted by molar-refractivity contribution is 7.91. The Kier molecular flexibility index (Phi) is 11.5. The van der Waals surface area contributed by atoms with Crippen molar-refractivity contribution >= 4 is 9.84 Å². The number of hydrogen-bond acceptors (Lipinski definition) is 3. The molecule has 2 atom stereocenters. The van der Waals surface area contributed by atoms with Crippen molar-refractivity contribution in [2.75, 3.05) is 12.8 Å². The lowest BCUT2D eigenvalue weighted by atomic mass is 10.0. The Morgan fingerprint density at radius 2 is 1.40 bits per heavy atom. The van der Waals surface area contributed by atoms with Crippen molar-refractivity contribution in [2.45, 2.75) is 89.9 Å². The van der Waals surface area contributed by atoms with Gasteiger partial charge in [0, 0.05) is 12.3 Å². The second-order valence-corrected chi connectivity index (χ2v) is 8.36. The predicted octanol–water partition coefficient (Wildman–Crippen LogP) is 3.93. The van der Waals surface area contributed by atoms with E-state index in [0.29, 0.717) is 0 Å². The lowest BCUT2D eigenvalue weighted by molar-refractivity contribution is 0.445. The molecule has 2 unspecified atom stereocenters. The Morgan fingerprint density at radius 1 is 0.900 bits per heavy atom. The van der Waals surface area contributed by atoms with Gasteiger partial charge in [-0.1, -0.05) is 65.2 Å². The summed E-state index contributed by atoms with van der Waals surface area (Å²) in [5, 5.41) is 3.04. The van der Waals surface area contributed by atoms with E-state index in [1.165, 1.54) is 51.2 Å². The van der Waals surface area contributed by atoms with Crippen molar-refractivity contribution in [3.05, 3.63) is 0 Å². The summed E-state index contributed by atoms with van der Waals surface area (Å²) in [7, 11) is -2.94. The van der Waals surface area contributed by atoms with E-state index >= 15 is 0 Å². The molecule has 3 nitrogen and oxygen atoms in total. The van der Waals surface area contributed by atoms with Crippen LogP contribution in [0.3, 0.4) is 0 Å². The van der Waals surface area contributed by atoms with Crippen LogP contribution in [0.25, 0.3) is 0 Å². The maximum atomic E-state index is 11.6. The summed E-state index contributed by atoms with van der Waals surface area (Å²) in [4.78, 5) is 0. The van der Waals surface area contributed by atoms with Gasteiger partial charge in [-0.15, -0.1) is 0 Å². The van der Waals surface area contributed by atoms with E-state index in [1.54, 1.807) is 0 Å². The minimum atomic E-state index is -2.94. The van der Waals surface area contributed by atoms with Gasteiger partial charge in [0.1, 0.15) is 0 Å². The lowest BCUT2D eigenvalue weighted by Gasteiger charge is -2.23. The van der Waals surface area contributed by atoms with E-state index in [1.807, 2.05) is 13.8 Å². The maximum absolute atomic E-state index is 11.6. The Labute approximate surface area is 126 Å². The molecule has 0 aliphatic carbocycles. The van der Waals surface area contributed by atoms with Crippen LogP contribution in [0.5, 0.6) is 0 Å². The van der Waals surface area contributed by atoms with Crippen molar-refractivity contribution in [2.24, 2.45) is 0 Å². The Bertz CT molecular complexity index is 314. The maximum Gasteiger partial charge on any atom is 0.151 e. The number of unbranched alkanes of at least 4 members (excludes halogenated alkanes) is 7. The van der Waals surface area contributed by atoms with Crippen LogP contribution in [0, 0.1) is 0 Å². The zero-order chi connectivity index (χ0) is 15.4. The average Bonchev–Trinajstić information content (AvgIpc) is 2.38. The van der Waals surface area contributed by atoms with Gasteiger partial charge in [-0.3, -0.25) is 0 Å². The van der Waals surface area contributed by atoms with Crippen molar-refractivity contribution in [1.29, 1.82) is 0 Å². The highest BCUT2D eigenvalue weighted by atomic mass is 32.2. The first kappa shape index (κ1) is 19.9. The van der Waals surface area contributed by atoms with Crippen molar-refractivity contribution in [3.63, 3.8) is 0 Å². The molecule has 0 bridgehead atoms. The van der Waals surface area contributed by atoms with E-state index in [0.717, 1.165) is 19.4 Å². The van der Waals surface area contributed by atoms with E-state index < -0.39 is 9.84 Å². The van der Waals surface area contributed by atoms with E-state index in [4.69, 9.17) is 0 Å². The fraction of sp³-hybridized carbons (Fsp3) is 1.00. The van der Waals surface area contributed by atoms with Gasteiger partial charge in [-0.2, -0.15) is 0 Å². The van der Waals surface area contributed by atoms with Gasteiger partial charge in [0.25, 0.3) is 0 Å². The fourth-order valence-corrected chi connectivity index (χ4v) is 3.39. The minimum Gasteiger partial charge on any atom is -0.313 e. The van der Waals surface area contributed by atoms with Gasteiger partial charge in [-0.25, -0.2) is 8.42 Å². The fourth-order valence-electron chi connectivity index (χ4n) is 2.56. The zero-order valence-electron chi connectivity index (χ0n) is 14.0. The van der Waals surface area contributed by atoms with E-state index in [-0.39, 0.29) is 11.3 Å². The highest BCUT2D eigenvalue weighted by Gasteiger charge is 2.24. The van der Waals surface area contributed by atoms with Crippen LogP contribution in [0.1, 0.15) is 78.6 Å². The summed E-state index contributed by atoms with van der Waals surface area (Å²) >= 11 is 0. The van der Waals surface area contributed by atoms with E-state index in [2.05, 4.69) is 12.2 Å². The molecule has 0 saturated carbocycles. The smallest absolute Gasteiger partial charge is 0.151 e. The van der Waals surface area contributed by atoms with Crippen LogP contribution >= 0.6 is 0 Å². The average molecular weight is 306 g/mol. The van der Waals surface area contributed by atoms with Gasteiger partial charge < -0.3 is 5.32 Å². The second kappa shape index (κ2) is 11.6. The largest absolute Gasteiger partial charge is 0.313 e. The van der Waals surface area contributed by atoms with Gasteiger partial charge in [0.2, 0.25) is 0 Å². The molecule has 0 spiro atoms. The minimum absolute atomic E-state index is 0.107. The molecule has 0 aliphatic heterocycles. The molecule has 0 aliphatic rings. The predicted molar refractivity (Wildman–Crippen MR) is 89.0 cm³/mol. The molecule has 0 aromatic rings. The molecule has 20 heavy (non-hydrogen) atoms. The molecule has 122 valence electrons. The summed E-state index contributed by atoms with van der Waals surface area (Å²) < 4.78 is 23.3. The Balaban J connectivity index is 3.82. The van der Waals surface area contributed by atoms with Crippen LogP contribution < -0.4 is 5.32 Å². The second-order valence-electron chi connectivity index (χ2n) is 5.96. The lowest BCUT2D eigenvalue weighted by Crippen LogP contribution is -2.42. The molecule has 0 rings (SSSR count). The summed E-state index contributed by atoms with van der Waals surface area (Å²) in [6.07, 6.45) is 12.7. The third kappa shape index (κ3) is 9.76. The van der Waals surface area contributed by atoms with Gasteiger partial charge >= 0.3 is 0 Å². The third-order valence-electron chi connectivity index (χ3n) is 4.08. The topological polar surface area (TPSA) is 46.2 Å². The van der Waals surface area contributed by atoms with Crippen LogP contribution in [-0.4, -0.2) is 32.5 Å². The Morgan fingerprint density at radius 3 is 1.85 bits per heavy atom. The standard InChI is InChI=1S/C16H35NO2S/c1-5-7-8-9-10-11-12-13-14-16(17-6-2)15(3)20(4,18)19/h15-17H,5-14H2,1-4H3. The molecule has 4 heteroatoms. The molecule has 0 fully saturated rings. The first-order valence-electron chi connectivity index (χ1n) is 8.35. The quantitative estimate of drug-likeness (QED) is 0.524. The molecule has 0 heterocycles. The summed E-state index contributed by atoms with van der Waals surface area (Å²) in [5.74, 6) is 0. The van der Waals surface area contributed by atoms with Crippen LogP contribution in [0.15, 0.2) is 0 Å². The number of nitrogens with one attached hydrogen (secondary N) is 1. The van der Waals surface area contributed by atoms with Crippen molar-refractivity contribution in [3.8, 4) is 0 Å². The van der Waals surface area contributed by atoms with Gasteiger partial charge in [0.15, 0.2) is 9.84 Å². The first-order chi connectivity index (χ1) is 9.43. The van der Waals surface area contributed by atoms with Crippen LogP contribution in [0.4, 0.5) is 0 Å². The van der Waals surface area contributed by atoms with Crippen molar-refractivity contribution in [1.82, 2.24) is 5.32 Å². The molecular formula is C16H35NO2S. The summed E-state index contributed by atoms with van der Waals surface area (Å²) in [5.41, 5.74) is 0. The molecular weight excluding hydrogens is 270 g/mol. The molecule has 0 aromatic heterocycles. The Hall–Kier alpha value is -0.0900. The van der Waals surface area contributed by atoms with Gasteiger partial charge in [-0.05, 0) is 19.9 Å². The summed E-state index contributed by atoms with van der Waals surface area (Å²) in [6.45, 7) is 6.94. The van der Waals surface area contributed by atoms with Gasteiger partial charge in [0.05, 0.1) is 5.25 Å². The monoisotopic (exact) mass is 305 g/mol. The molecule has 0 radical (unpaired) electrons. The van der Waals surface area contributed by atoms with Crippen molar-refractivity contribution < 1.29 is 8.42 Å². The third-order valence-corrected chi connectivity index (χ3v) is 5.76. The molecule has 0 aromatic carbocycles. The zero-order valence-corrected chi connectivity index (χ0v) is 14.8. The number of rotatable bonds is 13. The van der Waals surface area contributed by atoms with Crippen LogP contribution in [0.2, 0.25) is 0 Å². The molecule has 0 amide bonds. The first-order valence-corrected chi connectivity index (χ1v) is 10.3.